The predicted octanol–water partition coefficient (Wildman–Crippen LogP) is 4.23. The van der Waals surface area contributed by atoms with Gasteiger partial charge in [0.05, 0.1) is 5.69 Å². The minimum atomic E-state index is -4.97. The molecule has 5 nitrogen and oxygen atoms in total. The first kappa shape index (κ1) is 20.4. The van der Waals surface area contributed by atoms with Crippen molar-refractivity contribution in [1.29, 1.82) is 0 Å². The Morgan fingerprint density at radius 3 is 2.31 bits per heavy atom. The van der Waals surface area contributed by atoms with E-state index >= 15 is 0 Å². The van der Waals surface area contributed by atoms with Gasteiger partial charge in [0.25, 0.3) is 5.91 Å². The van der Waals surface area contributed by atoms with Gasteiger partial charge in [-0.1, -0.05) is 23.4 Å². The van der Waals surface area contributed by atoms with Crippen molar-refractivity contribution in [3.05, 3.63) is 77.1 Å². The van der Waals surface area contributed by atoms with E-state index in [1.165, 1.54) is 30.3 Å². The van der Waals surface area contributed by atoms with Gasteiger partial charge in [0.15, 0.2) is 11.4 Å². The first-order valence-electron chi connectivity index (χ1n) is 8.53. The molecular formula is C19H15F5N4O. The smallest absolute Gasteiger partial charge is 0.333 e. The highest BCUT2D eigenvalue weighted by Gasteiger charge is 2.42. The lowest BCUT2D eigenvalue weighted by molar-refractivity contribution is -0.143. The number of alkyl halides is 3. The number of hydrogen-bond acceptors (Lipinski definition) is 3. The molecule has 0 unspecified atom stereocenters. The fourth-order valence-corrected chi connectivity index (χ4v) is 2.80. The van der Waals surface area contributed by atoms with Gasteiger partial charge in [-0.2, -0.15) is 13.2 Å². The highest BCUT2D eigenvalue weighted by Crippen LogP contribution is 2.33. The summed E-state index contributed by atoms with van der Waals surface area (Å²) in [6.45, 7) is 1.51. The van der Waals surface area contributed by atoms with Gasteiger partial charge in [-0.05, 0) is 42.8 Å². The van der Waals surface area contributed by atoms with E-state index in [-0.39, 0.29) is 18.8 Å². The number of nitrogens with zero attached hydrogens (tertiary/aromatic N) is 4. The molecule has 0 fully saturated rings. The molecular weight excluding hydrogens is 395 g/mol. The molecule has 3 rings (SSSR count). The molecule has 2 aromatic carbocycles. The second-order valence-electron chi connectivity index (χ2n) is 6.13. The van der Waals surface area contributed by atoms with Crippen LogP contribution in [0, 0.1) is 11.6 Å². The van der Waals surface area contributed by atoms with Crippen LogP contribution in [0.3, 0.4) is 0 Å². The number of benzene rings is 2. The third-order valence-corrected chi connectivity index (χ3v) is 4.13. The maximum atomic E-state index is 13.7. The number of carbonyl (C=O) groups is 1. The topological polar surface area (TPSA) is 51.0 Å². The summed E-state index contributed by atoms with van der Waals surface area (Å²) >= 11 is 0. The highest BCUT2D eigenvalue weighted by atomic mass is 19.4. The average molecular weight is 410 g/mol. The second kappa shape index (κ2) is 7.98. The molecule has 0 atom stereocenters. The molecule has 152 valence electrons. The highest BCUT2D eigenvalue weighted by molar-refractivity contribution is 5.93. The van der Waals surface area contributed by atoms with Gasteiger partial charge in [0, 0.05) is 13.1 Å². The van der Waals surface area contributed by atoms with Crippen LogP contribution in [0.15, 0.2) is 48.5 Å². The van der Waals surface area contributed by atoms with E-state index in [4.69, 9.17) is 0 Å². The molecule has 0 aliphatic carbocycles. The van der Waals surface area contributed by atoms with Crippen LogP contribution >= 0.6 is 0 Å². The normalized spacial score (nSPS) is 11.5. The molecule has 3 aromatic rings. The Labute approximate surface area is 162 Å². The molecule has 10 heteroatoms. The van der Waals surface area contributed by atoms with Crippen molar-refractivity contribution in [1.82, 2.24) is 19.9 Å². The molecule has 0 radical (unpaired) electrons. The van der Waals surface area contributed by atoms with E-state index in [9.17, 15) is 26.7 Å². The summed E-state index contributed by atoms with van der Waals surface area (Å²) < 4.78 is 68.4. The zero-order valence-electron chi connectivity index (χ0n) is 15.1. The molecule has 1 aromatic heterocycles. The summed E-state index contributed by atoms with van der Waals surface area (Å²) in [4.78, 5) is 13.9. The molecule has 0 saturated heterocycles. The van der Waals surface area contributed by atoms with E-state index in [2.05, 4.69) is 10.3 Å². The first-order chi connectivity index (χ1) is 13.7. The molecule has 0 spiro atoms. The van der Waals surface area contributed by atoms with E-state index in [0.717, 1.165) is 17.0 Å². The Bertz CT molecular complexity index is 1030. The van der Waals surface area contributed by atoms with Gasteiger partial charge < -0.3 is 4.90 Å². The lowest BCUT2D eigenvalue weighted by Crippen LogP contribution is -2.32. The van der Waals surface area contributed by atoms with Crippen molar-refractivity contribution < 1.29 is 26.7 Å². The third-order valence-electron chi connectivity index (χ3n) is 4.13. The molecule has 1 heterocycles. The maximum absolute atomic E-state index is 13.7. The number of carbonyl (C=O) groups excluding carboxylic acids is 1. The monoisotopic (exact) mass is 410 g/mol. The summed E-state index contributed by atoms with van der Waals surface area (Å²) in [6.07, 6.45) is -4.97. The molecule has 0 aliphatic heterocycles. The first-order valence-corrected chi connectivity index (χ1v) is 8.53. The summed E-state index contributed by atoms with van der Waals surface area (Å²) in [5.41, 5.74) is -2.14. The summed E-state index contributed by atoms with van der Waals surface area (Å²) in [7, 11) is 0. The zero-order valence-corrected chi connectivity index (χ0v) is 15.1. The Balaban J connectivity index is 2.01. The van der Waals surface area contributed by atoms with E-state index < -0.39 is 35.1 Å². The van der Waals surface area contributed by atoms with Gasteiger partial charge in [-0.25, -0.2) is 13.5 Å². The van der Waals surface area contributed by atoms with Crippen molar-refractivity contribution in [2.45, 2.75) is 19.6 Å². The van der Waals surface area contributed by atoms with E-state index in [1.807, 2.05) is 0 Å². The van der Waals surface area contributed by atoms with Crippen LogP contribution in [0.5, 0.6) is 0 Å². The number of hydrogen-bond donors (Lipinski definition) is 0. The van der Waals surface area contributed by atoms with Crippen molar-refractivity contribution in [2.75, 3.05) is 6.54 Å². The Morgan fingerprint density at radius 1 is 1.07 bits per heavy atom. The SMILES string of the molecule is CCN(Cc1cccc(F)c1)C(=O)c1nnn(-c2cccc(F)c2)c1C(F)(F)F. The molecule has 0 saturated carbocycles. The number of halogens is 5. The van der Waals surface area contributed by atoms with E-state index in [1.54, 1.807) is 13.0 Å². The molecule has 0 aliphatic rings. The summed E-state index contributed by atoms with van der Waals surface area (Å²) in [5, 5.41) is 6.85. The third kappa shape index (κ3) is 4.41. The van der Waals surface area contributed by atoms with Crippen LogP contribution in [-0.4, -0.2) is 32.3 Å². The number of amides is 1. The van der Waals surface area contributed by atoms with Crippen molar-refractivity contribution >= 4 is 5.91 Å². The lowest BCUT2D eigenvalue weighted by atomic mass is 10.2. The quantitative estimate of drug-likeness (QED) is 0.592. The molecule has 0 bridgehead atoms. The van der Waals surface area contributed by atoms with Crippen LogP contribution in [-0.2, 0) is 12.7 Å². The lowest BCUT2D eigenvalue weighted by Gasteiger charge is -2.21. The standard InChI is InChI=1S/C19H15F5N4O/c1-2-27(11-12-5-3-6-13(20)9-12)18(29)16-17(19(22,23)24)28(26-25-16)15-8-4-7-14(21)10-15/h3-10H,2,11H2,1H3. The predicted molar refractivity (Wildman–Crippen MR) is 93.1 cm³/mol. The van der Waals surface area contributed by atoms with Gasteiger partial charge in [-0.15, -0.1) is 5.10 Å². The van der Waals surface area contributed by atoms with Crippen molar-refractivity contribution in [3.8, 4) is 5.69 Å². The van der Waals surface area contributed by atoms with Crippen LogP contribution in [0.25, 0.3) is 5.69 Å². The largest absolute Gasteiger partial charge is 0.435 e. The fourth-order valence-electron chi connectivity index (χ4n) is 2.80. The van der Waals surface area contributed by atoms with Gasteiger partial charge >= 0.3 is 6.18 Å². The minimum Gasteiger partial charge on any atom is -0.333 e. The van der Waals surface area contributed by atoms with Crippen molar-refractivity contribution in [2.24, 2.45) is 0 Å². The molecule has 1 amide bonds. The average Bonchev–Trinajstić information content (AvgIpc) is 3.11. The molecule has 29 heavy (non-hydrogen) atoms. The second-order valence-corrected chi connectivity index (χ2v) is 6.13. The minimum absolute atomic E-state index is 0.0550. The zero-order chi connectivity index (χ0) is 21.2. The van der Waals surface area contributed by atoms with Crippen LogP contribution in [0.1, 0.15) is 28.7 Å². The fraction of sp³-hybridized carbons (Fsp3) is 0.211. The van der Waals surface area contributed by atoms with Crippen LogP contribution < -0.4 is 0 Å². The van der Waals surface area contributed by atoms with E-state index in [0.29, 0.717) is 10.2 Å². The Kier molecular flexibility index (Phi) is 5.62. The Hall–Kier alpha value is -3.30. The van der Waals surface area contributed by atoms with Gasteiger partial charge in [0.2, 0.25) is 0 Å². The van der Waals surface area contributed by atoms with Gasteiger partial charge in [0.1, 0.15) is 11.6 Å². The van der Waals surface area contributed by atoms with Crippen LogP contribution in [0.2, 0.25) is 0 Å². The Morgan fingerprint density at radius 2 is 1.72 bits per heavy atom. The van der Waals surface area contributed by atoms with Gasteiger partial charge in [-0.3, -0.25) is 4.79 Å². The summed E-state index contributed by atoms with van der Waals surface area (Å²) in [6, 6.07) is 9.73. The number of aromatic nitrogens is 3. The molecule has 0 N–H and O–H groups in total. The maximum Gasteiger partial charge on any atom is 0.435 e. The van der Waals surface area contributed by atoms with Crippen LogP contribution in [0.4, 0.5) is 22.0 Å². The number of rotatable bonds is 5. The van der Waals surface area contributed by atoms with Crippen molar-refractivity contribution in [3.63, 3.8) is 0 Å². The summed E-state index contributed by atoms with van der Waals surface area (Å²) in [5.74, 6) is -2.31.